The van der Waals surface area contributed by atoms with Crippen LogP contribution in [-0.2, 0) is 0 Å². The van der Waals surface area contributed by atoms with Gasteiger partial charge in [-0.05, 0) is 57.4 Å². The molecule has 0 spiro atoms. The molecular weight excluding hydrogens is 350 g/mol. The third kappa shape index (κ3) is 4.32. The summed E-state index contributed by atoms with van der Waals surface area (Å²) in [6.45, 7) is 10.5. The quantitative estimate of drug-likeness (QED) is 0.700. The van der Waals surface area contributed by atoms with E-state index in [0.717, 1.165) is 34.7 Å². The lowest BCUT2D eigenvalue weighted by molar-refractivity contribution is 0.206. The Hall–Kier alpha value is -2.91. The predicted octanol–water partition coefficient (Wildman–Crippen LogP) is 4.03. The fourth-order valence-corrected chi connectivity index (χ4v) is 3.56. The van der Waals surface area contributed by atoms with Crippen LogP contribution in [0.4, 0.5) is 0 Å². The summed E-state index contributed by atoms with van der Waals surface area (Å²) in [7, 11) is 0. The Kier molecular flexibility index (Phi) is 5.39. The number of hydrogen-bond donors (Lipinski definition) is 1. The Labute approximate surface area is 166 Å². The van der Waals surface area contributed by atoms with Crippen LogP contribution in [0.1, 0.15) is 44.1 Å². The minimum atomic E-state index is -0.444. The maximum Gasteiger partial charge on any atom is 0.156 e. The van der Waals surface area contributed by atoms with Gasteiger partial charge in [0, 0.05) is 22.9 Å². The van der Waals surface area contributed by atoms with Gasteiger partial charge in [-0.3, -0.25) is 0 Å². The summed E-state index contributed by atoms with van der Waals surface area (Å²) in [6.07, 6.45) is 0.847. The standard InChI is InChI=1S/C22H27N5O/c1-14(2)11-22(5,24)13-28-20-7-6-17(10-18(20)12-23)19-8-15(3)25-21-9-16(4)26-27(19)21/h6-10,14H,11,13,24H2,1-5H3/t22-/m0/s1. The van der Waals surface area contributed by atoms with E-state index in [-0.39, 0.29) is 0 Å². The van der Waals surface area contributed by atoms with Gasteiger partial charge in [0.05, 0.1) is 17.0 Å². The van der Waals surface area contributed by atoms with Crippen LogP contribution in [0.3, 0.4) is 0 Å². The van der Waals surface area contributed by atoms with Crippen molar-refractivity contribution in [1.82, 2.24) is 14.6 Å². The van der Waals surface area contributed by atoms with Crippen molar-refractivity contribution in [3.05, 3.63) is 47.3 Å². The van der Waals surface area contributed by atoms with Crippen LogP contribution in [0, 0.1) is 31.1 Å². The topological polar surface area (TPSA) is 89.2 Å². The van der Waals surface area contributed by atoms with Gasteiger partial charge < -0.3 is 10.5 Å². The number of rotatable bonds is 6. The average molecular weight is 377 g/mol. The summed E-state index contributed by atoms with van der Waals surface area (Å²) < 4.78 is 7.72. The van der Waals surface area contributed by atoms with E-state index < -0.39 is 5.54 Å². The number of benzene rings is 1. The first kappa shape index (κ1) is 19.8. The van der Waals surface area contributed by atoms with Gasteiger partial charge in [0.25, 0.3) is 0 Å². The molecule has 0 amide bonds. The molecule has 1 aromatic carbocycles. The maximum absolute atomic E-state index is 9.64. The molecule has 0 fully saturated rings. The van der Waals surface area contributed by atoms with E-state index in [2.05, 4.69) is 30.0 Å². The molecule has 0 bridgehead atoms. The summed E-state index contributed by atoms with van der Waals surface area (Å²) in [5.74, 6) is 1.02. The predicted molar refractivity (Wildman–Crippen MR) is 110 cm³/mol. The second kappa shape index (κ2) is 7.61. The summed E-state index contributed by atoms with van der Waals surface area (Å²) in [4.78, 5) is 4.52. The highest BCUT2D eigenvalue weighted by atomic mass is 16.5. The van der Waals surface area contributed by atoms with Crippen molar-refractivity contribution in [3.8, 4) is 23.1 Å². The number of nitrogens with two attached hydrogens (primary N) is 1. The Bertz CT molecular complexity index is 1040. The average Bonchev–Trinajstić information content (AvgIpc) is 2.98. The molecule has 146 valence electrons. The van der Waals surface area contributed by atoms with E-state index in [4.69, 9.17) is 10.5 Å². The molecule has 2 heterocycles. The third-order valence-electron chi connectivity index (χ3n) is 4.51. The van der Waals surface area contributed by atoms with Gasteiger partial charge in [0.15, 0.2) is 5.65 Å². The van der Waals surface area contributed by atoms with Gasteiger partial charge in [0.2, 0.25) is 0 Å². The summed E-state index contributed by atoms with van der Waals surface area (Å²) in [5, 5.41) is 14.2. The first-order valence-corrected chi connectivity index (χ1v) is 9.49. The highest BCUT2D eigenvalue weighted by molar-refractivity contribution is 5.67. The summed E-state index contributed by atoms with van der Waals surface area (Å²) in [5.41, 5.74) is 10.7. The molecular formula is C22H27N5O. The number of aryl methyl sites for hydroxylation is 2. The molecule has 3 rings (SSSR count). The van der Waals surface area contributed by atoms with Crippen LogP contribution in [0.5, 0.6) is 5.75 Å². The molecule has 6 heteroatoms. The largest absolute Gasteiger partial charge is 0.490 e. The normalized spacial score (nSPS) is 13.5. The number of aromatic nitrogens is 3. The monoisotopic (exact) mass is 377 g/mol. The SMILES string of the molecule is Cc1cc(-c2ccc(OC[C@@](C)(N)CC(C)C)c(C#N)c2)n2nc(C)cc2n1. The molecule has 0 aliphatic rings. The fraction of sp³-hybridized carbons (Fsp3) is 0.409. The first-order valence-electron chi connectivity index (χ1n) is 9.49. The molecule has 28 heavy (non-hydrogen) atoms. The lowest BCUT2D eigenvalue weighted by Crippen LogP contribution is -2.43. The van der Waals surface area contributed by atoms with Crippen molar-refractivity contribution in [1.29, 1.82) is 5.26 Å². The van der Waals surface area contributed by atoms with Gasteiger partial charge in [0.1, 0.15) is 18.4 Å². The smallest absolute Gasteiger partial charge is 0.156 e. The molecule has 0 saturated carbocycles. The molecule has 0 saturated heterocycles. The molecule has 0 unspecified atom stereocenters. The van der Waals surface area contributed by atoms with Crippen LogP contribution in [0.15, 0.2) is 30.3 Å². The maximum atomic E-state index is 9.64. The molecule has 3 aromatic rings. The van der Waals surface area contributed by atoms with Crippen molar-refractivity contribution in [2.24, 2.45) is 11.7 Å². The van der Waals surface area contributed by atoms with Crippen LogP contribution >= 0.6 is 0 Å². The van der Waals surface area contributed by atoms with E-state index in [1.54, 1.807) is 4.52 Å². The highest BCUT2D eigenvalue weighted by Crippen LogP contribution is 2.28. The minimum absolute atomic E-state index is 0.357. The van der Waals surface area contributed by atoms with E-state index in [9.17, 15) is 5.26 Å². The first-order chi connectivity index (χ1) is 13.2. The Morgan fingerprint density at radius 2 is 1.96 bits per heavy atom. The Balaban J connectivity index is 1.94. The van der Waals surface area contributed by atoms with Gasteiger partial charge in [-0.2, -0.15) is 10.4 Å². The van der Waals surface area contributed by atoms with E-state index in [1.807, 2.05) is 51.1 Å². The molecule has 2 aromatic heterocycles. The number of nitrogens with zero attached hydrogens (tertiary/aromatic N) is 4. The lowest BCUT2D eigenvalue weighted by Gasteiger charge is -2.26. The zero-order chi connectivity index (χ0) is 20.5. The third-order valence-corrected chi connectivity index (χ3v) is 4.51. The van der Waals surface area contributed by atoms with Crippen molar-refractivity contribution in [2.75, 3.05) is 6.61 Å². The van der Waals surface area contributed by atoms with Crippen molar-refractivity contribution in [3.63, 3.8) is 0 Å². The van der Waals surface area contributed by atoms with Crippen molar-refractivity contribution < 1.29 is 4.74 Å². The zero-order valence-corrected chi connectivity index (χ0v) is 17.2. The van der Waals surface area contributed by atoms with E-state index in [0.29, 0.717) is 23.8 Å². The van der Waals surface area contributed by atoms with E-state index in [1.165, 1.54) is 0 Å². The zero-order valence-electron chi connectivity index (χ0n) is 17.2. The highest BCUT2D eigenvalue weighted by Gasteiger charge is 2.22. The molecule has 0 aliphatic carbocycles. The van der Waals surface area contributed by atoms with Crippen LogP contribution in [0.2, 0.25) is 0 Å². The van der Waals surface area contributed by atoms with Gasteiger partial charge in [-0.15, -0.1) is 0 Å². The van der Waals surface area contributed by atoms with Crippen molar-refractivity contribution >= 4 is 5.65 Å². The molecule has 1 atom stereocenters. The van der Waals surface area contributed by atoms with Crippen LogP contribution in [-0.4, -0.2) is 26.7 Å². The molecule has 0 aliphatic heterocycles. The van der Waals surface area contributed by atoms with Crippen LogP contribution < -0.4 is 10.5 Å². The number of nitriles is 1. The van der Waals surface area contributed by atoms with Gasteiger partial charge in [-0.25, -0.2) is 9.50 Å². The summed E-state index contributed by atoms with van der Waals surface area (Å²) >= 11 is 0. The van der Waals surface area contributed by atoms with Gasteiger partial charge >= 0.3 is 0 Å². The Morgan fingerprint density at radius 3 is 2.64 bits per heavy atom. The number of hydrogen-bond acceptors (Lipinski definition) is 5. The second-order valence-corrected chi connectivity index (χ2v) is 8.20. The second-order valence-electron chi connectivity index (χ2n) is 8.20. The molecule has 2 N–H and O–H groups in total. The van der Waals surface area contributed by atoms with E-state index >= 15 is 0 Å². The summed E-state index contributed by atoms with van der Waals surface area (Å²) in [6, 6.07) is 11.8. The Morgan fingerprint density at radius 1 is 1.21 bits per heavy atom. The van der Waals surface area contributed by atoms with Crippen LogP contribution in [0.25, 0.3) is 16.9 Å². The minimum Gasteiger partial charge on any atom is -0.490 e. The lowest BCUT2D eigenvalue weighted by atomic mass is 9.93. The number of fused-ring (bicyclic) bond motifs is 1. The molecule has 6 nitrogen and oxygen atoms in total. The van der Waals surface area contributed by atoms with Crippen molar-refractivity contribution in [2.45, 2.75) is 46.6 Å². The fourth-order valence-electron chi connectivity index (χ4n) is 3.56. The van der Waals surface area contributed by atoms with Gasteiger partial charge in [-0.1, -0.05) is 13.8 Å². The number of ether oxygens (including phenoxy) is 1. The molecule has 0 radical (unpaired) electrons.